The van der Waals surface area contributed by atoms with E-state index in [1.807, 2.05) is 6.92 Å². The SMILES string of the molecule is Cc1ccc(SS(=O)(=O)O)cc1.[MgH2]. The van der Waals surface area contributed by atoms with Crippen molar-refractivity contribution in [3.05, 3.63) is 29.8 Å². The molecule has 1 aromatic carbocycles. The van der Waals surface area contributed by atoms with E-state index in [4.69, 9.17) is 4.55 Å². The fraction of sp³-hybridized carbons (Fsp3) is 0.143. The van der Waals surface area contributed by atoms with Crippen LogP contribution < -0.4 is 0 Å². The first-order valence-corrected chi connectivity index (χ1v) is 5.98. The molecule has 0 radical (unpaired) electrons. The maximum absolute atomic E-state index is 10.4. The van der Waals surface area contributed by atoms with E-state index in [9.17, 15) is 8.42 Å². The topological polar surface area (TPSA) is 54.4 Å². The van der Waals surface area contributed by atoms with Crippen molar-refractivity contribution in [1.82, 2.24) is 0 Å². The summed E-state index contributed by atoms with van der Waals surface area (Å²) in [7, 11) is -3.54. The largest absolute Gasteiger partial charge is 0.324 e. The number of aryl methyl sites for hydroxylation is 1. The Labute approximate surface area is 97.2 Å². The van der Waals surface area contributed by atoms with Gasteiger partial charge in [-0.15, -0.1) is 0 Å². The van der Waals surface area contributed by atoms with Gasteiger partial charge in [0.25, 0.3) is 0 Å². The molecule has 0 saturated heterocycles. The average molecular weight is 231 g/mol. The van der Waals surface area contributed by atoms with Gasteiger partial charge in [-0.25, -0.2) is 0 Å². The first-order chi connectivity index (χ1) is 5.47. The quantitative estimate of drug-likeness (QED) is 0.467. The summed E-state index contributed by atoms with van der Waals surface area (Å²) in [6.45, 7) is 1.90. The van der Waals surface area contributed by atoms with Crippen molar-refractivity contribution in [2.75, 3.05) is 0 Å². The summed E-state index contributed by atoms with van der Waals surface area (Å²) in [6, 6.07) is 6.86. The van der Waals surface area contributed by atoms with Crippen molar-refractivity contribution in [2.45, 2.75) is 11.8 Å². The van der Waals surface area contributed by atoms with Crippen LogP contribution in [-0.2, 0) is 9.15 Å². The Balaban J connectivity index is 0.00000144. The third kappa shape index (κ3) is 5.53. The van der Waals surface area contributed by atoms with E-state index < -0.39 is 9.15 Å². The molecule has 0 fully saturated rings. The minimum absolute atomic E-state index is 0. The summed E-state index contributed by atoms with van der Waals surface area (Å²) < 4.78 is 29.3. The molecule has 13 heavy (non-hydrogen) atoms. The first-order valence-electron chi connectivity index (χ1n) is 3.21. The molecule has 1 N–H and O–H groups in total. The molecule has 6 heteroatoms. The molecule has 0 amide bonds. The van der Waals surface area contributed by atoms with Crippen LogP contribution in [0.3, 0.4) is 0 Å². The van der Waals surface area contributed by atoms with Crippen LogP contribution in [0.1, 0.15) is 5.56 Å². The molecule has 1 aromatic rings. The molecule has 0 aliphatic heterocycles. The summed E-state index contributed by atoms with van der Waals surface area (Å²) in [5, 5.41) is 0. The molecular weight excluding hydrogens is 221 g/mol. The Hall–Kier alpha value is 0.246. The van der Waals surface area contributed by atoms with Crippen molar-refractivity contribution < 1.29 is 13.0 Å². The van der Waals surface area contributed by atoms with Crippen molar-refractivity contribution in [3.63, 3.8) is 0 Å². The summed E-state index contributed by atoms with van der Waals surface area (Å²) >= 11 is 0. The molecule has 0 aromatic heterocycles. The van der Waals surface area contributed by atoms with Gasteiger partial charge in [-0.05, 0) is 19.1 Å². The number of rotatable bonds is 2. The van der Waals surface area contributed by atoms with Crippen LogP contribution >= 0.6 is 10.8 Å². The van der Waals surface area contributed by atoms with Gasteiger partial charge >= 0.3 is 32.2 Å². The molecule has 0 aliphatic rings. The fourth-order valence-corrected chi connectivity index (χ4v) is 2.27. The normalized spacial score (nSPS) is 10.6. The second kappa shape index (κ2) is 5.21. The van der Waals surface area contributed by atoms with Crippen LogP contribution in [0.5, 0.6) is 0 Å². The maximum atomic E-state index is 10.4. The molecule has 1 rings (SSSR count). The lowest BCUT2D eigenvalue weighted by molar-refractivity contribution is 0.503. The molecule has 0 atom stereocenters. The van der Waals surface area contributed by atoms with Gasteiger partial charge in [-0.2, -0.15) is 8.42 Å². The maximum Gasteiger partial charge on any atom is 0.324 e. The highest BCUT2D eigenvalue weighted by Crippen LogP contribution is 2.22. The van der Waals surface area contributed by atoms with Gasteiger partial charge in [0.1, 0.15) is 0 Å². The zero-order chi connectivity index (χ0) is 9.19. The van der Waals surface area contributed by atoms with Crippen molar-refractivity contribution >= 4 is 43.0 Å². The zero-order valence-corrected chi connectivity index (χ0v) is 8.02. The van der Waals surface area contributed by atoms with Crippen molar-refractivity contribution in [2.24, 2.45) is 0 Å². The molecule has 0 unspecified atom stereocenters. The van der Waals surface area contributed by atoms with Crippen LogP contribution in [0, 0.1) is 6.92 Å². The second-order valence-electron chi connectivity index (χ2n) is 2.32. The second-order valence-corrected chi connectivity index (χ2v) is 5.58. The van der Waals surface area contributed by atoms with Crippen molar-refractivity contribution in [3.8, 4) is 0 Å². The van der Waals surface area contributed by atoms with Gasteiger partial charge in [0.2, 0.25) is 0 Å². The highest BCUT2D eigenvalue weighted by molar-refractivity contribution is 8.69. The molecule has 0 aliphatic carbocycles. The van der Waals surface area contributed by atoms with Crippen LogP contribution in [0.4, 0.5) is 0 Å². The summed E-state index contributed by atoms with van der Waals surface area (Å²) in [5.74, 6) is 0. The van der Waals surface area contributed by atoms with E-state index >= 15 is 0 Å². The lowest BCUT2D eigenvalue weighted by Crippen LogP contribution is -1.88. The minimum Gasteiger partial charge on any atom is -0.277 e. The Bertz CT molecular complexity index is 358. The minimum atomic E-state index is -3.97. The summed E-state index contributed by atoms with van der Waals surface area (Å²) in [5.41, 5.74) is 1.05. The Morgan fingerprint density at radius 1 is 1.23 bits per heavy atom. The Morgan fingerprint density at radius 2 is 1.69 bits per heavy atom. The van der Waals surface area contributed by atoms with Gasteiger partial charge < -0.3 is 0 Å². The molecule has 3 nitrogen and oxygen atoms in total. The predicted molar refractivity (Wildman–Crippen MR) is 57.1 cm³/mol. The van der Waals surface area contributed by atoms with Gasteiger partial charge in [-0.3, -0.25) is 4.55 Å². The third-order valence-electron chi connectivity index (χ3n) is 1.22. The highest BCUT2D eigenvalue weighted by Gasteiger charge is 2.06. The zero-order valence-electron chi connectivity index (χ0n) is 6.39. The lowest BCUT2D eigenvalue weighted by atomic mass is 10.2. The van der Waals surface area contributed by atoms with Gasteiger partial charge in [0.05, 0.1) is 0 Å². The molecule has 0 bridgehead atoms. The Morgan fingerprint density at radius 3 is 2.08 bits per heavy atom. The summed E-state index contributed by atoms with van der Waals surface area (Å²) in [4.78, 5) is 0.517. The summed E-state index contributed by atoms with van der Waals surface area (Å²) in [6.07, 6.45) is 0. The van der Waals surface area contributed by atoms with E-state index in [1.165, 1.54) is 0 Å². The van der Waals surface area contributed by atoms with E-state index in [1.54, 1.807) is 24.3 Å². The van der Waals surface area contributed by atoms with E-state index in [0.29, 0.717) is 15.7 Å². The van der Waals surface area contributed by atoms with Gasteiger partial charge in [0.15, 0.2) is 0 Å². The predicted octanol–water partition coefficient (Wildman–Crippen LogP) is 0.974. The van der Waals surface area contributed by atoms with E-state index in [2.05, 4.69) is 0 Å². The standard InChI is InChI=1S/C7H8O3S2.Mg.2H/c1-6-2-4-7(5-3-6)11-12(8,9)10;;;/h2-5H,1H3,(H,8,9,10);;;. The fourth-order valence-electron chi connectivity index (χ4n) is 0.715. The number of benzene rings is 1. The first kappa shape index (κ1) is 13.2. The van der Waals surface area contributed by atoms with E-state index in [0.717, 1.165) is 5.56 Å². The van der Waals surface area contributed by atoms with Crippen LogP contribution in [0.15, 0.2) is 29.2 Å². The highest BCUT2D eigenvalue weighted by atomic mass is 33.1. The van der Waals surface area contributed by atoms with Crippen LogP contribution in [0.25, 0.3) is 0 Å². The average Bonchev–Trinajstić information content (AvgIpc) is 1.91. The molecule has 70 valence electrons. The van der Waals surface area contributed by atoms with Crippen LogP contribution in [-0.4, -0.2) is 36.0 Å². The molecule has 0 saturated carbocycles. The monoisotopic (exact) mass is 230 g/mol. The molecular formula is C7H10MgO3S2. The molecule has 0 spiro atoms. The molecule has 0 heterocycles. The van der Waals surface area contributed by atoms with E-state index in [-0.39, 0.29) is 23.1 Å². The van der Waals surface area contributed by atoms with Crippen molar-refractivity contribution in [1.29, 1.82) is 0 Å². The Kier molecular flexibility index (Phi) is 5.31. The smallest absolute Gasteiger partial charge is 0.277 e. The third-order valence-corrected chi connectivity index (χ3v) is 3.11. The lowest BCUT2D eigenvalue weighted by Gasteiger charge is -1.96. The van der Waals surface area contributed by atoms with Gasteiger partial charge in [-0.1, -0.05) is 17.7 Å². The van der Waals surface area contributed by atoms with Crippen LogP contribution in [0.2, 0.25) is 0 Å². The number of hydrogen-bond acceptors (Lipinski definition) is 3. The van der Waals surface area contributed by atoms with Gasteiger partial charge in [0, 0.05) is 15.7 Å². The number of hydrogen-bond donors (Lipinski definition) is 1.